The highest BCUT2D eigenvalue weighted by Gasteiger charge is 1.97. The van der Waals surface area contributed by atoms with Crippen molar-refractivity contribution in [2.45, 2.75) is 117 Å². The van der Waals surface area contributed by atoms with Gasteiger partial charge in [-0.3, -0.25) is 0 Å². The zero-order chi connectivity index (χ0) is 25.7. The van der Waals surface area contributed by atoms with Crippen molar-refractivity contribution in [1.82, 2.24) is 0 Å². The van der Waals surface area contributed by atoms with Crippen LogP contribution in [0.5, 0.6) is 0 Å². The monoisotopic (exact) mass is 532 g/mol. The highest BCUT2D eigenvalue weighted by molar-refractivity contribution is 8.15. The lowest BCUT2D eigenvalue weighted by Crippen LogP contribution is -1.99. The Kier molecular flexibility index (Phi) is 29.7. The quantitative estimate of drug-likeness (QED) is 0.0520. The van der Waals surface area contributed by atoms with Crippen molar-refractivity contribution < 1.29 is 18.9 Å². The molecule has 0 rings (SSSR count). The van der Waals surface area contributed by atoms with Crippen molar-refractivity contribution in [2.75, 3.05) is 43.4 Å². The van der Waals surface area contributed by atoms with E-state index in [0.29, 0.717) is 13.6 Å². The molecule has 0 saturated heterocycles. The number of hydrogen-bond donors (Lipinski definition) is 0. The molecular weight excluding hydrogens is 476 g/mol. The van der Waals surface area contributed by atoms with Crippen LogP contribution in [0.4, 0.5) is 0 Å². The van der Waals surface area contributed by atoms with Gasteiger partial charge >= 0.3 is 0 Å². The summed E-state index contributed by atoms with van der Waals surface area (Å²) >= 11 is 4.27. The van der Waals surface area contributed by atoms with E-state index in [1.54, 1.807) is 0 Å². The molecule has 0 radical (unpaired) electrons. The molecule has 0 aliphatic heterocycles. The van der Waals surface area contributed by atoms with Crippen LogP contribution in [-0.2, 0) is 18.9 Å². The highest BCUT2D eigenvalue weighted by Crippen LogP contribution is 2.18. The SMILES string of the molecule is C=C(C)OCOCCCCCCCCCCSCSCCCCCCCCCCOCOC(=C)C. The normalized spacial score (nSPS) is 11.0. The number of allylic oxidation sites excluding steroid dienone is 2. The third-order valence-electron chi connectivity index (χ3n) is 5.60. The predicted octanol–water partition coefficient (Wildman–Crippen LogP) is 9.70. The maximum atomic E-state index is 5.41. The van der Waals surface area contributed by atoms with Crippen molar-refractivity contribution in [3.8, 4) is 0 Å². The van der Waals surface area contributed by atoms with E-state index >= 15 is 0 Å². The molecule has 208 valence electrons. The lowest BCUT2D eigenvalue weighted by atomic mass is 10.1. The van der Waals surface area contributed by atoms with E-state index in [9.17, 15) is 0 Å². The molecule has 0 heterocycles. The van der Waals surface area contributed by atoms with E-state index < -0.39 is 0 Å². The molecule has 0 bridgehead atoms. The van der Waals surface area contributed by atoms with Crippen molar-refractivity contribution in [3.05, 3.63) is 24.7 Å². The van der Waals surface area contributed by atoms with Gasteiger partial charge in [0.15, 0.2) is 13.6 Å². The second-order valence-corrected chi connectivity index (χ2v) is 11.9. The molecule has 0 unspecified atom stereocenters. The molecule has 4 nitrogen and oxygen atoms in total. The van der Waals surface area contributed by atoms with E-state index in [-0.39, 0.29) is 0 Å². The minimum absolute atomic E-state index is 0.345. The summed E-state index contributed by atoms with van der Waals surface area (Å²) in [6, 6.07) is 0. The lowest BCUT2D eigenvalue weighted by molar-refractivity contribution is -0.0236. The van der Waals surface area contributed by atoms with Crippen LogP contribution in [0.1, 0.15) is 117 Å². The highest BCUT2D eigenvalue weighted by atomic mass is 32.2. The van der Waals surface area contributed by atoms with Crippen LogP contribution in [0.2, 0.25) is 0 Å². The van der Waals surface area contributed by atoms with Gasteiger partial charge in [-0.2, -0.15) is 23.5 Å². The number of unbranched alkanes of at least 4 members (excludes halogenated alkanes) is 14. The molecule has 0 fully saturated rings. The Hall–Kier alpha value is -0.300. The third-order valence-corrected chi connectivity index (χ3v) is 8.09. The summed E-state index contributed by atoms with van der Waals surface area (Å²) in [6.07, 6.45) is 21.3. The Bertz CT molecular complexity index is 420. The van der Waals surface area contributed by atoms with Gasteiger partial charge in [-0.05, 0) is 51.0 Å². The van der Waals surface area contributed by atoms with E-state index in [1.807, 2.05) is 13.8 Å². The Balaban J connectivity index is 3.03. The van der Waals surface area contributed by atoms with Crippen LogP contribution in [0.25, 0.3) is 0 Å². The van der Waals surface area contributed by atoms with Gasteiger partial charge in [-0.1, -0.05) is 90.2 Å². The molecule has 0 atom stereocenters. The van der Waals surface area contributed by atoms with Crippen molar-refractivity contribution in [1.29, 1.82) is 0 Å². The Labute approximate surface area is 226 Å². The van der Waals surface area contributed by atoms with Crippen LogP contribution < -0.4 is 0 Å². The molecule has 0 aliphatic rings. The van der Waals surface area contributed by atoms with E-state index in [2.05, 4.69) is 36.7 Å². The average molecular weight is 533 g/mol. The fourth-order valence-corrected chi connectivity index (χ4v) is 5.75. The standard InChI is InChI=1S/C29H56O4S2/c1-28(2)32-25-30-21-17-13-9-5-7-11-15-19-23-34-27-35-24-20-16-12-8-6-10-14-18-22-31-26-33-29(3)4/h1,3,5-27H2,2,4H3. The smallest absolute Gasteiger partial charge is 0.188 e. The van der Waals surface area contributed by atoms with Crippen LogP contribution in [-0.4, -0.2) is 43.4 Å². The first kappa shape index (κ1) is 34.7. The fourth-order valence-electron chi connectivity index (χ4n) is 3.52. The molecule has 6 heteroatoms. The summed E-state index contributed by atoms with van der Waals surface area (Å²) in [5, 5.41) is 1.28. The summed E-state index contributed by atoms with van der Waals surface area (Å²) < 4.78 is 21.2. The molecule has 0 saturated carbocycles. The van der Waals surface area contributed by atoms with Gasteiger partial charge in [0.25, 0.3) is 0 Å². The average Bonchev–Trinajstić information content (AvgIpc) is 2.82. The second kappa shape index (κ2) is 29.9. The van der Waals surface area contributed by atoms with Gasteiger partial charge < -0.3 is 18.9 Å². The molecule has 0 N–H and O–H groups in total. The summed E-state index contributed by atoms with van der Waals surface area (Å²) in [5.41, 5.74) is 0. The number of hydrogen-bond acceptors (Lipinski definition) is 6. The Morgan fingerprint density at radius 1 is 0.486 bits per heavy atom. The Morgan fingerprint density at radius 3 is 1.14 bits per heavy atom. The molecule has 0 aliphatic carbocycles. The molecular formula is C29H56O4S2. The first-order valence-corrected chi connectivity index (χ1v) is 16.3. The largest absolute Gasteiger partial charge is 0.473 e. The van der Waals surface area contributed by atoms with Crippen LogP contribution in [0.3, 0.4) is 0 Å². The maximum Gasteiger partial charge on any atom is 0.188 e. The molecule has 0 aromatic rings. The fraction of sp³-hybridized carbons (Fsp3) is 0.862. The number of thioether (sulfide) groups is 2. The molecule has 0 aromatic heterocycles. The molecule has 0 spiro atoms. The summed E-state index contributed by atoms with van der Waals surface area (Å²) in [6.45, 7) is 13.3. The van der Waals surface area contributed by atoms with E-state index in [1.165, 1.54) is 106 Å². The number of ether oxygens (including phenoxy) is 4. The van der Waals surface area contributed by atoms with Crippen LogP contribution in [0.15, 0.2) is 24.7 Å². The van der Waals surface area contributed by atoms with Crippen molar-refractivity contribution in [3.63, 3.8) is 0 Å². The minimum atomic E-state index is 0.345. The zero-order valence-corrected chi connectivity index (χ0v) is 24.8. The van der Waals surface area contributed by atoms with Crippen molar-refractivity contribution >= 4 is 23.5 Å². The van der Waals surface area contributed by atoms with Crippen LogP contribution in [0, 0.1) is 0 Å². The van der Waals surface area contributed by atoms with Gasteiger partial charge in [-0.25, -0.2) is 0 Å². The summed E-state index contributed by atoms with van der Waals surface area (Å²) in [5.74, 6) is 4.11. The van der Waals surface area contributed by atoms with Crippen molar-refractivity contribution in [2.24, 2.45) is 0 Å². The second-order valence-electron chi connectivity index (χ2n) is 9.34. The summed E-state index contributed by atoms with van der Waals surface area (Å²) in [4.78, 5) is 0. The topological polar surface area (TPSA) is 36.9 Å². The Morgan fingerprint density at radius 2 is 0.800 bits per heavy atom. The van der Waals surface area contributed by atoms with Gasteiger partial charge in [-0.15, -0.1) is 0 Å². The van der Waals surface area contributed by atoms with Gasteiger partial charge in [0.05, 0.1) is 24.7 Å². The number of rotatable bonds is 30. The lowest BCUT2D eigenvalue weighted by Gasteiger charge is -2.06. The first-order valence-electron chi connectivity index (χ1n) is 14.0. The van der Waals surface area contributed by atoms with Gasteiger partial charge in [0.2, 0.25) is 0 Å². The van der Waals surface area contributed by atoms with E-state index in [4.69, 9.17) is 18.9 Å². The zero-order valence-electron chi connectivity index (χ0n) is 23.1. The predicted molar refractivity (Wildman–Crippen MR) is 157 cm³/mol. The molecule has 0 amide bonds. The molecule has 35 heavy (non-hydrogen) atoms. The van der Waals surface area contributed by atoms with Gasteiger partial charge in [0.1, 0.15) is 0 Å². The maximum absolute atomic E-state index is 5.41. The van der Waals surface area contributed by atoms with Gasteiger partial charge in [0, 0.05) is 5.08 Å². The summed E-state index contributed by atoms with van der Waals surface area (Å²) in [7, 11) is 0. The van der Waals surface area contributed by atoms with Crippen LogP contribution >= 0.6 is 23.5 Å². The third kappa shape index (κ3) is 33.7. The minimum Gasteiger partial charge on any atom is -0.473 e. The molecule has 0 aromatic carbocycles. The van der Waals surface area contributed by atoms with E-state index in [0.717, 1.165) is 37.6 Å². The first-order chi connectivity index (χ1) is 17.1.